The molecule has 0 unspecified atom stereocenters. The highest BCUT2D eigenvalue weighted by atomic mass is 35.5. The molecule has 1 atom stereocenters. The lowest BCUT2D eigenvalue weighted by atomic mass is 10.1. The average Bonchev–Trinajstić information content (AvgIpc) is 2.85. The van der Waals surface area contributed by atoms with Crippen LogP contribution in [-0.2, 0) is 10.9 Å². The normalized spacial score (nSPS) is 12.3. The molecule has 180 valence electrons. The number of methoxy groups -OCH3 is 1. The first-order chi connectivity index (χ1) is 16.7. The van der Waals surface area contributed by atoms with E-state index in [0.717, 1.165) is 17.7 Å². The van der Waals surface area contributed by atoms with Crippen LogP contribution in [0.5, 0.6) is 11.5 Å². The second kappa shape index (κ2) is 9.84. The van der Waals surface area contributed by atoms with E-state index in [1.54, 1.807) is 48.7 Å². The third kappa shape index (κ3) is 5.33. The third-order valence-corrected chi connectivity index (χ3v) is 5.74. The summed E-state index contributed by atoms with van der Waals surface area (Å²) in [5.74, 6) is 0.340. The molecule has 0 saturated carbocycles. The highest BCUT2D eigenvalue weighted by Crippen LogP contribution is 2.40. The van der Waals surface area contributed by atoms with Crippen molar-refractivity contribution >= 4 is 34.2 Å². The van der Waals surface area contributed by atoms with Gasteiger partial charge in [-0.05, 0) is 61.0 Å². The van der Waals surface area contributed by atoms with E-state index in [0.29, 0.717) is 32.9 Å². The lowest BCUT2D eigenvalue weighted by Gasteiger charge is -2.19. The number of nitrogens with zero attached hydrogens (tertiary/aromatic N) is 1. The molecule has 4 rings (SSSR count). The second-order valence-electron chi connectivity index (χ2n) is 7.73. The van der Waals surface area contributed by atoms with Crippen molar-refractivity contribution in [1.29, 1.82) is 0 Å². The molecule has 5 nitrogen and oxygen atoms in total. The number of benzene rings is 3. The van der Waals surface area contributed by atoms with Crippen molar-refractivity contribution in [3.63, 3.8) is 0 Å². The zero-order valence-electron chi connectivity index (χ0n) is 18.7. The predicted molar refractivity (Wildman–Crippen MR) is 128 cm³/mol. The molecule has 0 aliphatic heterocycles. The molecule has 1 aromatic heterocycles. The molecular weight excluding hydrogens is 481 g/mol. The molecule has 0 radical (unpaired) electrons. The zero-order valence-corrected chi connectivity index (χ0v) is 19.4. The van der Waals surface area contributed by atoms with Crippen LogP contribution in [0.2, 0.25) is 5.02 Å². The van der Waals surface area contributed by atoms with Gasteiger partial charge in [-0.2, -0.15) is 13.2 Å². The van der Waals surface area contributed by atoms with E-state index in [-0.39, 0.29) is 11.8 Å². The summed E-state index contributed by atoms with van der Waals surface area (Å²) in [6.45, 7) is 1.91. The molecule has 0 amide bonds. The van der Waals surface area contributed by atoms with Gasteiger partial charge in [0, 0.05) is 22.6 Å². The molecule has 3 aromatic carbocycles. The first kappa shape index (κ1) is 24.3. The first-order valence-electron chi connectivity index (χ1n) is 10.5. The van der Waals surface area contributed by atoms with Crippen LogP contribution in [-0.4, -0.2) is 18.1 Å². The maximum absolute atomic E-state index is 13.2. The summed E-state index contributed by atoms with van der Waals surface area (Å²) in [4.78, 5) is 16.1. The Morgan fingerprint density at radius 1 is 1.06 bits per heavy atom. The molecule has 9 heteroatoms. The van der Waals surface area contributed by atoms with Gasteiger partial charge in [0.05, 0.1) is 23.6 Å². The predicted octanol–water partition coefficient (Wildman–Crippen LogP) is 7.66. The van der Waals surface area contributed by atoms with Crippen molar-refractivity contribution in [2.75, 3.05) is 12.4 Å². The molecular formula is C26H20ClF3N2O3. The fourth-order valence-electron chi connectivity index (χ4n) is 3.60. The summed E-state index contributed by atoms with van der Waals surface area (Å²) in [6, 6.07) is 16.2. The Labute approximate surface area is 204 Å². The zero-order chi connectivity index (χ0) is 25.2. The van der Waals surface area contributed by atoms with Gasteiger partial charge in [-0.3, -0.25) is 0 Å². The Kier molecular flexibility index (Phi) is 6.84. The van der Waals surface area contributed by atoms with Crippen LogP contribution >= 0.6 is 11.6 Å². The van der Waals surface area contributed by atoms with Gasteiger partial charge < -0.3 is 14.8 Å². The minimum Gasteiger partial charge on any atom is -0.465 e. The van der Waals surface area contributed by atoms with Crippen molar-refractivity contribution in [2.24, 2.45) is 0 Å². The Hall–Kier alpha value is -3.78. The topological polar surface area (TPSA) is 60.5 Å². The molecule has 0 aliphatic rings. The van der Waals surface area contributed by atoms with Gasteiger partial charge in [-0.15, -0.1) is 0 Å². The van der Waals surface area contributed by atoms with Gasteiger partial charge in [-0.25, -0.2) is 9.78 Å². The molecule has 0 spiro atoms. The van der Waals surface area contributed by atoms with Crippen LogP contribution in [0.4, 0.5) is 19.0 Å². The van der Waals surface area contributed by atoms with Crippen LogP contribution in [0.25, 0.3) is 10.8 Å². The summed E-state index contributed by atoms with van der Waals surface area (Å²) in [5.41, 5.74) is 0.489. The number of aromatic nitrogens is 1. The van der Waals surface area contributed by atoms with Crippen LogP contribution in [0.3, 0.4) is 0 Å². The number of rotatable bonds is 6. The van der Waals surface area contributed by atoms with Crippen LogP contribution in [0.1, 0.15) is 34.5 Å². The number of halogens is 4. The summed E-state index contributed by atoms with van der Waals surface area (Å²) >= 11 is 6.40. The highest BCUT2D eigenvalue weighted by Gasteiger charge is 2.30. The summed E-state index contributed by atoms with van der Waals surface area (Å²) in [7, 11) is 1.32. The van der Waals surface area contributed by atoms with Gasteiger partial charge in [0.2, 0.25) is 0 Å². The number of nitrogens with one attached hydrogen (secondary N) is 1. The Morgan fingerprint density at radius 2 is 1.80 bits per heavy atom. The highest BCUT2D eigenvalue weighted by molar-refractivity contribution is 6.36. The minimum absolute atomic E-state index is 0.0321. The van der Waals surface area contributed by atoms with Gasteiger partial charge >= 0.3 is 12.1 Å². The second-order valence-corrected chi connectivity index (χ2v) is 8.14. The Balaban J connectivity index is 1.69. The summed E-state index contributed by atoms with van der Waals surface area (Å²) in [5, 5.41) is 4.90. The number of carbonyl (C=O) groups excluding carboxylic acids is 1. The molecule has 1 heterocycles. The van der Waals surface area contributed by atoms with Crippen LogP contribution in [0, 0.1) is 0 Å². The smallest absolute Gasteiger partial charge is 0.416 e. The number of pyridine rings is 1. The van der Waals surface area contributed by atoms with E-state index in [4.69, 9.17) is 21.1 Å². The van der Waals surface area contributed by atoms with Crippen LogP contribution < -0.4 is 10.1 Å². The lowest BCUT2D eigenvalue weighted by Crippen LogP contribution is -2.09. The summed E-state index contributed by atoms with van der Waals surface area (Å²) < 4.78 is 50.1. The Morgan fingerprint density at radius 3 is 2.49 bits per heavy atom. The van der Waals surface area contributed by atoms with Gasteiger partial charge in [-0.1, -0.05) is 29.8 Å². The molecule has 1 N–H and O–H groups in total. The van der Waals surface area contributed by atoms with Crippen LogP contribution in [0.15, 0.2) is 72.9 Å². The third-order valence-electron chi connectivity index (χ3n) is 5.41. The molecule has 0 saturated heterocycles. The number of carbonyl (C=O) groups is 1. The monoisotopic (exact) mass is 500 g/mol. The van der Waals surface area contributed by atoms with Crippen molar-refractivity contribution in [3.05, 3.63) is 94.6 Å². The minimum atomic E-state index is -4.49. The number of anilines is 1. The Bertz CT molecular complexity index is 1370. The van der Waals surface area contributed by atoms with Crippen molar-refractivity contribution < 1.29 is 27.4 Å². The SMILES string of the molecule is COC(=O)c1ccc([C@H](C)Nc2nccc3c(Cl)ccc(Oc4cccc(C(F)(F)F)c4)c23)cc1. The molecule has 35 heavy (non-hydrogen) atoms. The largest absolute Gasteiger partial charge is 0.465 e. The molecule has 0 fully saturated rings. The summed E-state index contributed by atoms with van der Waals surface area (Å²) in [6.07, 6.45) is -2.91. The lowest BCUT2D eigenvalue weighted by molar-refractivity contribution is -0.137. The molecule has 4 aromatic rings. The molecule has 0 aliphatic carbocycles. The van der Waals surface area contributed by atoms with E-state index < -0.39 is 17.7 Å². The number of ether oxygens (including phenoxy) is 2. The van der Waals surface area contributed by atoms with Crippen molar-refractivity contribution in [3.8, 4) is 11.5 Å². The fourth-order valence-corrected chi connectivity index (χ4v) is 3.82. The maximum atomic E-state index is 13.2. The van der Waals surface area contributed by atoms with E-state index in [2.05, 4.69) is 10.3 Å². The van der Waals surface area contributed by atoms with E-state index in [9.17, 15) is 18.0 Å². The van der Waals surface area contributed by atoms with Gasteiger partial charge in [0.15, 0.2) is 0 Å². The van der Waals surface area contributed by atoms with E-state index in [1.807, 2.05) is 6.92 Å². The first-order valence-corrected chi connectivity index (χ1v) is 10.9. The average molecular weight is 501 g/mol. The fraction of sp³-hybridized carbons (Fsp3) is 0.154. The molecule has 0 bridgehead atoms. The number of alkyl halides is 3. The number of fused-ring (bicyclic) bond motifs is 1. The number of hydrogen-bond donors (Lipinski definition) is 1. The van der Waals surface area contributed by atoms with Crippen molar-refractivity contribution in [2.45, 2.75) is 19.1 Å². The standard InChI is InChI=1S/C26H20ClF3N2O3/c1-15(16-6-8-17(9-7-16)25(33)34-2)32-24-23-20(12-13-31-24)21(27)10-11-22(23)35-19-5-3-4-18(14-19)26(28,29)30/h3-15H,1-2H3,(H,31,32)/t15-/m0/s1. The van der Waals surface area contributed by atoms with Gasteiger partial charge in [0.1, 0.15) is 17.3 Å². The van der Waals surface area contributed by atoms with E-state index in [1.165, 1.54) is 19.2 Å². The number of hydrogen-bond acceptors (Lipinski definition) is 5. The number of esters is 1. The van der Waals surface area contributed by atoms with E-state index >= 15 is 0 Å². The van der Waals surface area contributed by atoms with Crippen molar-refractivity contribution in [1.82, 2.24) is 4.98 Å². The maximum Gasteiger partial charge on any atom is 0.416 e. The quantitative estimate of drug-likeness (QED) is 0.275. The van der Waals surface area contributed by atoms with Gasteiger partial charge in [0.25, 0.3) is 0 Å².